The van der Waals surface area contributed by atoms with E-state index in [0.717, 1.165) is 6.42 Å². The van der Waals surface area contributed by atoms with Crippen LogP contribution in [0.2, 0.25) is 0 Å². The first-order valence-corrected chi connectivity index (χ1v) is 7.84. The zero-order valence-corrected chi connectivity index (χ0v) is 13.0. The molecule has 2 rings (SSSR count). The smallest absolute Gasteiger partial charge is 0.0645 e. The van der Waals surface area contributed by atoms with E-state index in [4.69, 9.17) is 0 Å². The molecule has 1 N–H and O–H groups in total. The van der Waals surface area contributed by atoms with Crippen LogP contribution in [0.25, 0.3) is 9.75 Å². The predicted octanol–water partition coefficient (Wildman–Crippen LogP) is 4.82. The van der Waals surface area contributed by atoms with Crippen LogP contribution in [0.5, 0.6) is 0 Å². The second-order valence-corrected chi connectivity index (χ2v) is 7.98. The fourth-order valence-corrected chi connectivity index (χ4v) is 3.75. The Morgan fingerprint density at radius 3 is 2.33 bits per heavy atom. The normalized spacial score (nSPS) is 12.9. The van der Waals surface area contributed by atoms with Gasteiger partial charge in [-0.25, -0.2) is 0 Å². The Bertz CT molecular complexity index is 501. The Labute approximate surface area is 117 Å². The summed E-state index contributed by atoms with van der Waals surface area (Å²) in [5.41, 5.74) is -0.787. The molecule has 18 heavy (non-hydrogen) atoms. The minimum Gasteiger partial charge on any atom is -0.390 e. The lowest BCUT2D eigenvalue weighted by molar-refractivity contribution is -0.0340. The van der Waals surface area contributed by atoms with Gasteiger partial charge in [-0.1, -0.05) is 19.9 Å². The molecule has 0 radical (unpaired) electrons. The Morgan fingerprint density at radius 2 is 1.78 bits per heavy atom. The van der Waals surface area contributed by atoms with Gasteiger partial charge < -0.3 is 5.11 Å². The average molecular weight is 280 g/mol. The number of aliphatic hydroxyl groups is 1. The molecule has 3 heteroatoms. The first kappa shape index (κ1) is 13.8. The summed E-state index contributed by atoms with van der Waals surface area (Å²) in [5, 5.41) is 12.3. The highest BCUT2D eigenvalue weighted by Gasteiger charge is 2.35. The van der Waals surface area contributed by atoms with Gasteiger partial charge in [-0.15, -0.1) is 22.7 Å². The third kappa shape index (κ3) is 2.85. The van der Waals surface area contributed by atoms with Crippen LogP contribution >= 0.6 is 22.7 Å². The summed E-state index contributed by atoms with van der Waals surface area (Å²) in [6.45, 7) is 8.02. The Hall–Kier alpha value is -0.640. The molecular weight excluding hydrogens is 260 g/mol. The maximum absolute atomic E-state index is 10.2. The van der Waals surface area contributed by atoms with Gasteiger partial charge in [0.05, 0.1) is 5.60 Å². The predicted molar refractivity (Wildman–Crippen MR) is 81.4 cm³/mol. The molecule has 0 aliphatic heterocycles. The third-order valence-corrected chi connectivity index (χ3v) is 5.85. The molecule has 0 spiro atoms. The summed E-state index contributed by atoms with van der Waals surface area (Å²) < 4.78 is 0. The van der Waals surface area contributed by atoms with Gasteiger partial charge in [-0.3, -0.25) is 0 Å². The standard InChI is InChI=1S/C15H20OS2/c1-14(2,15(3,4)16)10-11-7-8-13(18-11)12-6-5-9-17-12/h5-9,16H,10H2,1-4H3. The highest BCUT2D eigenvalue weighted by atomic mass is 32.1. The molecule has 0 amide bonds. The van der Waals surface area contributed by atoms with E-state index in [2.05, 4.69) is 43.5 Å². The number of rotatable bonds is 4. The van der Waals surface area contributed by atoms with Gasteiger partial charge in [0.1, 0.15) is 0 Å². The van der Waals surface area contributed by atoms with E-state index < -0.39 is 5.60 Å². The van der Waals surface area contributed by atoms with Crippen molar-refractivity contribution in [2.75, 3.05) is 0 Å². The number of hydrogen-bond donors (Lipinski definition) is 1. The molecule has 0 saturated carbocycles. The van der Waals surface area contributed by atoms with Gasteiger partial charge in [-0.05, 0) is 49.3 Å². The largest absolute Gasteiger partial charge is 0.390 e. The number of hydrogen-bond acceptors (Lipinski definition) is 3. The van der Waals surface area contributed by atoms with Crippen molar-refractivity contribution in [2.45, 2.75) is 39.7 Å². The van der Waals surface area contributed by atoms with E-state index in [1.165, 1.54) is 14.6 Å². The van der Waals surface area contributed by atoms with Gasteiger partial charge >= 0.3 is 0 Å². The van der Waals surface area contributed by atoms with Gasteiger partial charge in [0.25, 0.3) is 0 Å². The summed E-state index contributed by atoms with van der Waals surface area (Å²) in [5.74, 6) is 0. The van der Waals surface area contributed by atoms with Crippen molar-refractivity contribution in [1.82, 2.24) is 0 Å². The molecule has 2 aromatic rings. The van der Waals surface area contributed by atoms with Crippen LogP contribution in [0, 0.1) is 5.41 Å². The van der Waals surface area contributed by atoms with Crippen LogP contribution in [-0.2, 0) is 6.42 Å². The molecule has 0 bridgehead atoms. The monoisotopic (exact) mass is 280 g/mol. The molecular formula is C15H20OS2. The summed E-state index contributed by atoms with van der Waals surface area (Å²) in [4.78, 5) is 3.99. The van der Waals surface area contributed by atoms with Crippen molar-refractivity contribution in [3.63, 3.8) is 0 Å². The molecule has 2 heterocycles. The third-order valence-electron chi connectivity index (χ3n) is 3.70. The highest BCUT2D eigenvalue weighted by Crippen LogP contribution is 2.38. The van der Waals surface area contributed by atoms with Crippen molar-refractivity contribution in [1.29, 1.82) is 0 Å². The second kappa shape index (κ2) is 4.80. The van der Waals surface area contributed by atoms with E-state index >= 15 is 0 Å². The van der Waals surface area contributed by atoms with Crippen molar-refractivity contribution in [3.05, 3.63) is 34.5 Å². The second-order valence-electron chi connectivity index (χ2n) is 5.86. The zero-order valence-electron chi connectivity index (χ0n) is 11.4. The SMILES string of the molecule is CC(C)(O)C(C)(C)Cc1ccc(-c2cccs2)s1. The van der Waals surface area contributed by atoms with Gasteiger partial charge in [-0.2, -0.15) is 0 Å². The number of thiophene rings is 2. The summed E-state index contributed by atoms with van der Waals surface area (Å²) in [7, 11) is 0. The summed E-state index contributed by atoms with van der Waals surface area (Å²) >= 11 is 3.61. The Morgan fingerprint density at radius 1 is 1.06 bits per heavy atom. The van der Waals surface area contributed by atoms with Gasteiger partial charge in [0.2, 0.25) is 0 Å². The van der Waals surface area contributed by atoms with E-state index in [-0.39, 0.29) is 5.41 Å². The molecule has 2 aromatic heterocycles. The Kier molecular flexibility index (Phi) is 3.67. The molecule has 1 nitrogen and oxygen atoms in total. The minimum atomic E-state index is -0.667. The van der Waals surface area contributed by atoms with Crippen LogP contribution < -0.4 is 0 Å². The van der Waals surface area contributed by atoms with E-state index in [0.29, 0.717) is 0 Å². The van der Waals surface area contributed by atoms with Crippen LogP contribution in [0.3, 0.4) is 0 Å². The molecule has 0 aromatic carbocycles. The van der Waals surface area contributed by atoms with Crippen LogP contribution in [0.4, 0.5) is 0 Å². The lowest BCUT2D eigenvalue weighted by Crippen LogP contribution is -2.40. The zero-order chi connectivity index (χ0) is 13.4. The van der Waals surface area contributed by atoms with Crippen molar-refractivity contribution in [3.8, 4) is 9.75 Å². The molecule has 0 saturated heterocycles. The topological polar surface area (TPSA) is 20.2 Å². The van der Waals surface area contributed by atoms with Gasteiger partial charge in [0, 0.05) is 14.6 Å². The summed E-state index contributed by atoms with van der Waals surface area (Å²) in [6, 6.07) is 8.61. The summed E-state index contributed by atoms with van der Waals surface area (Å²) in [6.07, 6.45) is 0.909. The molecule has 0 atom stereocenters. The van der Waals surface area contributed by atoms with Crippen LogP contribution in [0.15, 0.2) is 29.6 Å². The fourth-order valence-electron chi connectivity index (χ4n) is 1.68. The molecule has 0 aliphatic carbocycles. The Balaban J connectivity index is 2.17. The van der Waals surface area contributed by atoms with E-state index in [1.54, 1.807) is 11.3 Å². The van der Waals surface area contributed by atoms with Crippen LogP contribution in [-0.4, -0.2) is 10.7 Å². The highest BCUT2D eigenvalue weighted by molar-refractivity contribution is 7.21. The van der Waals surface area contributed by atoms with Gasteiger partial charge in [0.15, 0.2) is 0 Å². The van der Waals surface area contributed by atoms with Crippen molar-refractivity contribution < 1.29 is 5.11 Å². The lowest BCUT2D eigenvalue weighted by Gasteiger charge is -2.37. The molecule has 98 valence electrons. The van der Waals surface area contributed by atoms with Crippen molar-refractivity contribution >= 4 is 22.7 Å². The maximum Gasteiger partial charge on any atom is 0.0645 e. The first-order valence-electron chi connectivity index (χ1n) is 6.14. The fraction of sp³-hybridized carbons (Fsp3) is 0.467. The van der Waals surface area contributed by atoms with E-state index in [9.17, 15) is 5.11 Å². The van der Waals surface area contributed by atoms with E-state index in [1.807, 2.05) is 25.2 Å². The molecule has 0 unspecified atom stereocenters. The average Bonchev–Trinajstić information content (AvgIpc) is 2.83. The van der Waals surface area contributed by atoms with Crippen molar-refractivity contribution in [2.24, 2.45) is 5.41 Å². The molecule has 0 aliphatic rings. The quantitative estimate of drug-likeness (QED) is 0.851. The van der Waals surface area contributed by atoms with Crippen LogP contribution in [0.1, 0.15) is 32.6 Å². The molecule has 0 fully saturated rings. The first-order chi connectivity index (χ1) is 8.29. The minimum absolute atomic E-state index is 0.120. The maximum atomic E-state index is 10.2. The lowest BCUT2D eigenvalue weighted by atomic mass is 9.74.